The van der Waals surface area contributed by atoms with Crippen molar-refractivity contribution in [2.24, 2.45) is 0 Å². The number of hydrogen-bond acceptors (Lipinski definition) is 4. The van der Waals surface area contributed by atoms with Crippen molar-refractivity contribution in [2.45, 2.75) is 20.0 Å². The Balaban J connectivity index is 1.98. The number of benzene rings is 1. The number of ether oxygens (including phenoxy) is 2. The summed E-state index contributed by atoms with van der Waals surface area (Å²) in [5, 5.41) is 9.75. The quantitative estimate of drug-likeness (QED) is 0.902. The van der Waals surface area contributed by atoms with Crippen LogP contribution in [0.2, 0.25) is 0 Å². The Morgan fingerprint density at radius 2 is 2.15 bits per heavy atom. The van der Waals surface area contributed by atoms with Gasteiger partial charge in [0.25, 0.3) is 5.91 Å². The van der Waals surface area contributed by atoms with Crippen LogP contribution in [-0.4, -0.2) is 48.8 Å². The van der Waals surface area contributed by atoms with E-state index in [0.717, 1.165) is 5.56 Å². The van der Waals surface area contributed by atoms with Crippen molar-refractivity contribution in [3.8, 4) is 5.75 Å². The van der Waals surface area contributed by atoms with Crippen LogP contribution in [-0.2, 0) is 9.53 Å². The van der Waals surface area contributed by atoms with Gasteiger partial charge in [-0.05, 0) is 26.0 Å². The molecule has 0 bridgehead atoms. The lowest BCUT2D eigenvalue weighted by Gasteiger charge is -2.27. The van der Waals surface area contributed by atoms with Crippen LogP contribution in [0.1, 0.15) is 24.2 Å². The minimum atomic E-state index is -0.622. The third-order valence-corrected chi connectivity index (χ3v) is 3.33. The number of carbonyl (C=O) groups is 1. The molecule has 1 amide bonds. The van der Waals surface area contributed by atoms with Gasteiger partial charge in [-0.15, -0.1) is 0 Å². The Morgan fingerprint density at radius 1 is 1.45 bits per heavy atom. The molecule has 1 fully saturated rings. The zero-order valence-corrected chi connectivity index (χ0v) is 12.0. The lowest BCUT2D eigenvalue weighted by Crippen LogP contribution is -2.43. The van der Waals surface area contributed by atoms with Crippen molar-refractivity contribution in [2.75, 3.05) is 32.9 Å². The monoisotopic (exact) mass is 279 g/mol. The Hall–Kier alpha value is -1.59. The summed E-state index contributed by atoms with van der Waals surface area (Å²) in [6.07, 6.45) is -0.622. The minimum absolute atomic E-state index is 0.0111. The van der Waals surface area contributed by atoms with E-state index in [0.29, 0.717) is 37.6 Å². The first-order chi connectivity index (χ1) is 9.58. The lowest BCUT2D eigenvalue weighted by atomic mass is 10.1. The second-order valence-electron chi connectivity index (χ2n) is 5.00. The van der Waals surface area contributed by atoms with E-state index < -0.39 is 6.10 Å². The van der Waals surface area contributed by atoms with E-state index in [1.165, 1.54) is 0 Å². The second kappa shape index (κ2) is 6.72. The van der Waals surface area contributed by atoms with Gasteiger partial charge in [0.05, 0.1) is 19.3 Å². The minimum Gasteiger partial charge on any atom is -0.483 e. The summed E-state index contributed by atoms with van der Waals surface area (Å²) in [6, 6.07) is 5.57. The first kappa shape index (κ1) is 14.8. The predicted molar refractivity (Wildman–Crippen MR) is 74.7 cm³/mol. The summed E-state index contributed by atoms with van der Waals surface area (Å²) in [6.45, 7) is 6.01. The highest BCUT2D eigenvalue weighted by molar-refractivity contribution is 5.77. The van der Waals surface area contributed by atoms with Gasteiger partial charge in [-0.25, -0.2) is 0 Å². The number of aliphatic hydroxyl groups excluding tert-OH is 1. The molecule has 0 aliphatic carbocycles. The van der Waals surface area contributed by atoms with Crippen molar-refractivity contribution in [3.05, 3.63) is 29.3 Å². The van der Waals surface area contributed by atoms with E-state index >= 15 is 0 Å². The molecular weight excluding hydrogens is 258 g/mol. The van der Waals surface area contributed by atoms with Crippen LogP contribution in [0.25, 0.3) is 0 Å². The lowest BCUT2D eigenvalue weighted by molar-refractivity contribution is -0.137. The van der Waals surface area contributed by atoms with Crippen molar-refractivity contribution < 1.29 is 19.4 Å². The average Bonchev–Trinajstić information content (AvgIpc) is 2.46. The van der Waals surface area contributed by atoms with Crippen molar-refractivity contribution in [3.63, 3.8) is 0 Å². The number of carbonyl (C=O) groups excluding carboxylic acids is 1. The molecule has 1 saturated heterocycles. The molecule has 5 nitrogen and oxygen atoms in total. The standard InChI is InChI=1S/C15H21NO4/c1-11-3-4-14(13(9-11)12(2)17)20-10-15(18)16-5-7-19-8-6-16/h3-4,9,12,17H,5-8,10H2,1-2H3/t12-/m1/s1. The van der Waals surface area contributed by atoms with Gasteiger partial charge in [-0.1, -0.05) is 11.6 Å². The fourth-order valence-corrected chi connectivity index (χ4v) is 2.17. The van der Waals surface area contributed by atoms with Crippen LogP contribution >= 0.6 is 0 Å². The maximum atomic E-state index is 12.0. The molecular formula is C15H21NO4. The largest absolute Gasteiger partial charge is 0.483 e. The second-order valence-corrected chi connectivity index (χ2v) is 5.00. The van der Waals surface area contributed by atoms with Crippen LogP contribution in [0.5, 0.6) is 5.75 Å². The Bertz CT molecular complexity index is 467. The maximum absolute atomic E-state index is 12.0. The SMILES string of the molecule is Cc1ccc(OCC(=O)N2CCOCC2)c([C@@H](C)O)c1. The summed E-state index contributed by atoms with van der Waals surface area (Å²) in [5.41, 5.74) is 1.76. The summed E-state index contributed by atoms with van der Waals surface area (Å²) < 4.78 is 10.8. The van der Waals surface area contributed by atoms with Crippen molar-refractivity contribution >= 4 is 5.91 Å². The van der Waals surface area contributed by atoms with Crippen molar-refractivity contribution in [1.29, 1.82) is 0 Å². The predicted octanol–water partition coefficient (Wildman–Crippen LogP) is 1.29. The van der Waals surface area contributed by atoms with Gasteiger partial charge in [0.2, 0.25) is 0 Å². The normalized spacial score (nSPS) is 16.9. The first-order valence-corrected chi connectivity index (χ1v) is 6.85. The third-order valence-electron chi connectivity index (χ3n) is 3.33. The molecule has 1 aromatic rings. The molecule has 1 N–H and O–H groups in total. The average molecular weight is 279 g/mol. The molecule has 0 spiro atoms. The highest BCUT2D eigenvalue weighted by Gasteiger charge is 2.18. The van der Waals surface area contributed by atoms with Crippen molar-refractivity contribution in [1.82, 2.24) is 4.90 Å². The van der Waals surface area contributed by atoms with E-state index in [4.69, 9.17) is 9.47 Å². The van der Waals surface area contributed by atoms with Crippen LogP contribution in [0.15, 0.2) is 18.2 Å². The Labute approximate surface area is 119 Å². The molecule has 0 unspecified atom stereocenters. The number of amides is 1. The molecule has 1 aliphatic heterocycles. The highest BCUT2D eigenvalue weighted by Crippen LogP contribution is 2.26. The number of aliphatic hydroxyl groups is 1. The summed E-state index contributed by atoms with van der Waals surface area (Å²) in [7, 11) is 0. The molecule has 1 aliphatic rings. The summed E-state index contributed by atoms with van der Waals surface area (Å²) in [4.78, 5) is 13.7. The van der Waals surface area contributed by atoms with Gasteiger partial charge in [-0.3, -0.25) is 4.79 Å². The Kier molecular flexibility index (Phi) is 4.98. The topological polar surface area (TPSA) is 59.0 Å². The first-order valence-electron chi connectivity index (χ1n) is 6.85. The third kappa shape index (κ3) is 3.71. The Morgan fingerprint density at radius 3 is 2.80 bits per heavy atom. The maximum Gasteiger partial charge on any atom is 0.260 e. The van der Waals surface area contributed by atoms with E-state index in [1.54, 1.807) is 17.9 Å². The molecule has 5 heteroatoms. The summed E-state index contributed by atoms with van der Waals surface area (Å²) >= 11 is 0. The molecule has 20 heavy (non-hydrogen) atoms. The number of morpholine rings is 1. The van der Waals surface area contributed by atoms with Gasteiger partial charge < -0.3 is 19.5 Å². The van der Waals surface area contributed by atoms with Gasteiger partial charge in [0, 0.05) is 18.7 Å². The summed E-state index contributed by atoms with van der Waals surface area (Å²) in [5.74, 6) is 0.512. The van der Waals surface area contributed by atoms with Crippen LogP contribution in [0.3, 0.4) is 0 Å². The smallest absolute Gasteiger partial charge is 0.260 e. The molecule has 2 rings (SSSR count). The van der Waals surface area contributed by atoms with Gasteiger partial charge in [-0.2, -0.15) is 0 Å². The highest BCUT2D eigenvalue weighted by atomic mass is 16.5. The van der Waals surface area contributed by atoms with Gasteiger partial charge in [0.15, 0.2) is 6.61 Å². The molecule has 1 heterocycles. The molecule has 1 atom stereocenters. The fourth-order valence-electron chi connectivity index (χ4n) is 2.17. The number of nitrogens with zero attached hydrogens (tertiary/aromatic N) is 1. The molecule has 0 aromatic heterocycles. The van der Waals surface area contributed by atoms with E-state index in [9.17, 15) is 9.90 Å². The zero-order valence-electron chi connectivity index (χ0n) is 12.0. The fraction of sp³-hybridized carbons (Fsp3) is 0.533. The molecule has 0 radical (unpaired) electrons. The van der Waals surface area contributed by atoms with E-state index in [1.807, 2.05) is 19.1 Å². The number of rotatable bonds is 4. The number of hydrogen-bond donors (Lipinski definition) is 1. The van der Waals surface area contributed by atoms with E-state index in [-0.39, 0.29) is 12.5 Å². The van der Waals surface area contributed by atoms with E-state index in [2.05, 4.69) is 0 Å². The molecule has 110 valence electrons. The molecule has 1 aromatic carbocycles. The molecule has 0 saturated carbocycles. The zero-order chi connectivity index (χ0) is 14.5. The van der Waals surface area contributed by atoms with Crippen LogP contribution < -0.4 is 4.74 Å². The van der Waals surface area contributed by atoms with Crippen LogP contribution in [0, 0.1) is 6.92 Å². The van der Waals surface area contributed by atoms with Gasteiger partial charge >= 0.3 is 0 Å². The van der Waals surface area contributed by atoms with Crippen LogP contribution in [0.4, 0.5) is 0 Å². The number of aryl methyl sites for hydroxylation is 1. The van der Waals surface area contributed by atoms with Gasteiger partial charge in [0.1, 0.15) is 5.75 Å².